The number of esters is 1. The van der Waals surface area contributed by atoms with Crippen molar-refractivity contribution in [2.45, 2.75) is 27.3 Å². The standard InChI is InChI=1S/C21H29N5O2S/c1-5-28-20(27)17-6-8-18(9-7-17)22-21(29)26-12-10-25(11-13-26)14-19-15(2)23-24(4)16(19)3/h6-9H,5,10-14H2,1-4H3,(H,22,29). The van der Waals surface area contributed by atoms with E-state index in [9.17, 15) is 4.79 Å². The van der Waals surface area contributed by atoms with E-state index in [1.165, 1.54) is 11.3 Å². The molecule has 3 rings (SSSR count). The zero-order valence-corrected chi connectivity index (χ0v) is 18.4. The van der Waals surface area contributed by atoms with Gasteiger partial charge >= 0.3 is 5.97 Å². The summed E-state index contributed by atoms with van der Waals surface area (Å²) < 4.78 is 6.96. The third-order valence-corrected chi connectivity index (χ3v) is 5.71. The second-order valence-corrected chi connectivity index (χ2v) is 7.65. The number of hydrogen-bond donors (Lipinski definition) is 1. The molecule has 0 saturated carbocycles. The van der Waals surface area contributed by atoms with Gasteiger partial charge in [-0.3, -0.25) is 9.58 Å². The van der Waals surface area contributed by atoms with Crippen LogP contribution in [-0.4, -0.2) is 63.4 Å². The molecule has 0 spiro atoms. The predicted molar refractivity (Wildman–Crippen MR) is 118 cm³/mol. The smallest absolute Gasteiger partial charge is 0.338 e. The first kappa shape index (κ1) is 21.3. The molecule has 29 heavy (non-hydrogen) atoms. The van der Waals surface area contributed by atoms with E-state index in [-0.39, 0.29) is 5.97 Å². The fourth-order valence-electron chi connectivity index (χ4n) is 3.49. The number of carbonyl (C=O) groups excluding carboxylic acids is 1. The predicted octanol–water partition coefficient (Wildman–Crippen LogP) is 2.73. The molecule has 0 bridgehead atoms. The molecule has 7 nitrogen and oxygen atoms in total. The first-order valence-electron chi connectivity index (χ1n) is 9.93. The fraction of sp³-hybridized carbons (Fsp3) is 0.476. The number of nitrogens with zero attached hydrogens (tertiary/aromatic N) is 4. The third-order valence-electron chi connectivity index (χ3n) is 5.35. The molecule has 0 amide bonds. The van der Waals surface area contributed by atoms with E-state index in [4.69, 9.17) is 17.0 Å². The molecule has 1 aliphatic heterocycles. The van der Waals surface area contributed by atoms with Crippen molar-refractivity contribution in [3.63, 3.8) is 0 Å². The van der Waals surface area contributed by atoms with Crippen molar-refractivity contribution < 1.29 is 9.53 Å². The van der Waals surface area contributed by atoms with E-state index in [1.54, 1.807) is 19.1 Å². The van der Waals surface area contributed by atoms with Crippen molar-refractivity contribution in [1.29, 1.82) is 0 Å². The topological polar surface area (TPSA) is 62.6 Å². The van der Waals surface area contributed by atoms with Crippen LogP contribution in [0.5, 0.6) is 0 Å². The lowest BCUT2D eigenvalue weighted by molar-refractivity contribution is 0.0526. The maximum Gasteiger partial charge on any atom is 0.338 e. The van der Waals surface area contributed by atoms with Crippen LogP contribution in [0.25, 0.3) is 0 Å². The molecular formula is C21H29N5O2S. The van der Waals surface area contributed by atoms with Gasteiger partial charge in [-0.1, -0.05) is 0 Å². The number of anilines is 1. The Labute approximate surface area is 177 Å². The van der Waals surface area contributed by atoms with Crippen molar-refractivity contribution in [2.24, 2.45) is 7.05 Å². The Bertz CT molecular complexity index is 870. The van der Waals surface area contributed by atoms with Gasteiger partial charge in [0.15, 0.2) is 5.11 Å². The summed E-state index contributed by atoms with van der Waals surface area (Å²) in [6.07, 6.45) is 0. The summed E-state index contributed by atoms with van der Waals surface area (Å²) in [7, 11) is 1.99. The van der Waals surface area contributed by atoms with Crippen LogP contribution in [0, 0.1) is 13.8 Å². The van der Waals surface area contributed by atoms with Crippen molar-refractivity contribution >= 4 is 29.0 Å². The Kier molecular flexibility index (Phi) is 6.87. The number of piperazine rings is 1. The van der Waals surface area contributed by atoms with Crippen LogP contribution in [0.15, 0.2) is 24.3 Å². The van der Waals surface area contributed by atoms with Crippen LogP contribution < -0.4 is 5.32 Å². The van der Waals surface area contributed by atoms with Gasteiger partial charge in [0, 0.05) is 56.7 Å². The molecule has 1 aromatic carbocycles. The lowest BCUT2D eigenvalue weighted by Crippen LogP contribution is -2.49. The van der Waals surface area contributed by atoms with Crippen molar-refractivity contribution in [1.82, 2.24) is 19.6 Å². The molecule has 1 fully saturated rings. The molecule has 8 heteroatoms. The number of thiocarbonyl (C=S) groups is 1. The van der Waals surface area contributed by atoms with Gasteiger partial charge in [0.1, 0.15) is 0 Å². The van der Waals surface area contributed by atoms with Crippen LogP contribution >= 0.6 is 12.2 Å². The second kappa shape index (κ2) is 9.37. The molecule has 0 radical (unpaired) electrons. The summed E-state index contributed by atoms with van der Waals surface area (Å²) in [6.45, 7) is 11.0. The molecule has 156 valence electrons. The average molecular weight is 416 g/mol. The van der Waals surface area contributed by atoms with Gasteiger partial charge in [0.25, 0.3) is 0 Å². The molecule has 0 aliphatic carbocycles. The molecule has 0 atom stereocenters. The SMILES string of the molecule is CCOC(=O)c1ccc(NC(=S)N2CCN(Cc3c(C)nn(C)c3C)CC2)cc1. The molecular weight excluding hydrogens is 386 g/mol. The highest BCUT2D eigenvalue weighted by molar-refractivity contribution is 7.80. The Hall–Kier alpha value is -2.45. The highest BCUT2D eigenvalue weighted by Crippen LogP contribution is 2.17. The van der Waals surface area contributed by atoms with Gasteiger partial charge in [-0.2, -0.15) is 5.10 Å². The van der Waals surface area contributed by atoms with E-state index >= 15 is 0 Å². The Morgan fingerprint density at radius 3 is 2.38 bits per heavy atom. The van der Waals surface area contributed by atoms with Gasteiger partial charge in [-0.25, -0.2) is 4.79 Å². The van der Waals surface area contributed by atoms with E-state index in [1.807, 2.05) is 23.9 Å². The minimum Gasteiger partial charge on any atom is -0.462 e. The first-order valence-corrected chi connectivity index (χ1v) is 10.3. The van der Waals surface area contributed by atoms with E-state index in [0.717, 1.165) is 44.1 Å². The van der Waals surface area contributed by atoms with Crippen molar-refractivity contribution in [3.8, 4) is 0 Å². The highest BCUT2D eigenvalue weighted by atomic mass is 32.1. The molecule has 1 aliphatic rings. The fourth-order valence-corrected chi connectivity index (χ4v) is 3.79. The number of aryl methyl sites for hydroxylation is 2. The van der Waals surface area contributed by atoms with Gasteiger partial charge in [-0.15, -0.1) is 0 Å². The van der Waals surface area contributed by atoms with E-state index < -0.39 is 0 Å². The van der Waals surface area contributed by atoms with Gasteiger partial charge in [-0.05, 0) is 57.3 Å². The van der Waals surface area contributed by atoms with Crippen LogP contribution in [0.1, 0.15) is 34.2 Å². The number of aromatic nitrogens is 2. The average Bonchev–Trinajstić information content (AvgIpc) is 2.95. The number of rotatable bonds is 5. The summed E-state index contributed by atoms with van der Waals surface area (Å²) in [4.78, 5) is 16.4. The van der Waals surface area contributed by atoms with Crippen molar-refractivity contribution in [3.05, 3.63) is 46.8 Å². The minimum absolute atomic E-state index is 0.308. The van der Waals surface area contributed by atoms with Gasteiger partial charge < -0.3 is 15.0 Å². The van der Waals surface area contributed by atoms with Gasteiger partial charge in [0.05, 0.1) is 17.9 Å². The summed E-state index contributed by atoms with van der Waals surface area (Å²) in [5.41, 5.74) is 5.07. The largest absolute Gasteiger partial charge is 0.462 e. The Morgan fingerprint density at radius 1 is 1.17 bits per heavy atom. The summed E-state index contributed by atoms with van der Waals surface area (Å²) >= 11 is 5.59. The number of carbonyl (C=O) groups is 1. The maximum absolute atomic E-state index is 11.7. The first-order chi connectivity index (χ1) is 13.9. The Morgan fingerprint density at radius 2 is 1.83 bits per heavy atom. The van der Waals surface area contributed by atoms with E-state index in [0.29, 0.717) is 17.3 Å². The maximum atomic E-state index is 11.7. The molecule has 0 unspecified atom stereocenters. The number of hydrogen-bond acceptors (Lipinski definition) is 5. The molecule has 1 aromatic heterocycles. The lowest BCUT2D eigenvalue weighted by atomic mass is 10.1. The number of nitrogens with one attached hydrogen (secondary N) is 1. The minimum atomic E-state index is -0.308. The highest BCUT2D eigenvalue weighted by Gasteiger charge is 2.21. The molecule has 1 saturated heterocycles. The summed E-state index contributed by atoms with van der Waals surface area (Å²) in [5, 5.41) is 8.49. The summed E-state index contributed by atoms with van der Waals surface area (Å²) in [6, 6.07) is 7.20. The van der Waals surface area contributed by atoms with Crippen LogP contribution in [0.2, 0.25) is 0 Å². The second-order valence-electron chi connectivity index (χ2n) is 7.26. The quantitative estimate of drug-likeness (QED) is 0.595. The van der Waals surface area contributed by atoms with Crippen molar-refractivity contribution in [2.75, 3.05) is 38.1 Å². The Balaban J connectivity index is 1.50. The monoisotopic (exact) mass is 415 g/mol. The molecule has 2 aromatic rings. The molecule has 2 heterocycles. The number of benzene rings is 1. The zero-order chi connectivity index (χ0) is 21.0. The van der Waals surface area contributed by atoms with Gasteiger partial charge in [0.2, 0.25) is 0 Å². The zero-order valence-electron chi connectivity index (χ0n) is 17.6. The summed E-state index contributed by atoms with van der Waals surface area (Å²) in [5.74, 6) is -0.308. The normalized spacial score (nSPS) is 14.7. The van der Waals surface area contributed by atoms with Crippen LogP contribution in [0.3, 0.4) is 0 Å². The third kappa shape index (κ3) is 5.13. The number of ether oxygens (including phenoxy) is 1. The van der Waals surface area contributed by atoms with E-state index in [2.05, 4.69) is 34.1 Å². The molecule has 1 N–H and O–H groups in total. The van der Waals surface area contributed by atoms with Crippen LogP contribution in [-0.2, 0) is 18.3 Å². The van der Waals surface area contributed by atoms with Crippen LogP contribution in [0.4, 0.5) is 5.69 Å². The lowest BCUT2D eigenvalue weighted by Gasteiger charge is -2.36.